The fourth-order valence-electron chi connectivity index (χ4n) is 1.73. The molecule has 0 saturated heterocycles. The number of anilines is 2. The van der Waals surface area contributed by atoms with Crippen LogP contribution in [0.5, 0.6) is 5.75 Å². The molecule has 0 atom stereocenters. The minimum absolute atomic E-state index is 0.445. The van der Waals surface area contributed by atoms with Crippen LogP contribution in [0.3, 0.4) is 0 Å². The van der Waals surface area contributed by atoms with Gasteiger partial charge < -0.3 is 20.1 Å². The molecule has 1 rings (SSSR count). The first-order chi connectivity index (χ1) is 8.74. The van der Waals surface area contributed by atoms with Crippen molar-refractivity contribution in [3.8, 4) is 11.8 Å². The van der Waals surface area contributed by atoms with Crippen molar-refractivity contribution in [3.05, 3.63) is 18.2 Å². The highest BCUT2D eigenvalue weighted by molar-refractivity contribution is 5.74. The van der Waals surface area contributed by atoms with Crippen molar-refractivity contribution < 1.29 is 9.47 Å². The number of nitriles is 1. The van der Waals surface area contributed by atoms with E-state index >= 15 is 0 Å². The van der Waals surface area contributed by atoms with Crippen molar-refractivity contribution in [2.24, 2.45) is 0 Å². The third-order valence-corrected chi connectivity index (χ3v) is 2.66. The standard InChI is InChI=1S/C13H19N3O2/c1-17-10-9-16(8-4-7-14)11-5-3-6-12(18-2)13(11)15/h3,5-6H,4,8-10,15H2,1-2H3. The third kappa shape index (κ3) is 3.54. The number of nitrogen functional groups attached to an aromatic ring is 1. The Morgan fingerprint density at radius 2 is 2.11 bits per heavy atom. The normalized spacial score (nSPS) is 9.83. The van der Waals surface area contributed by atoms with Crippen LogP contribution in [-0.2, 0) is 4.74 Å². The van der Waals surface area contributed by atoms with Crippen LogP contribution < -0.4 is 15.4 Å². The molecular weight excluding hydrogens is 230 g/mol. The van der Waals surface area contributed by atoms with Gasteiger partial charge in [0.1, 0.15) is 5.75 Å². The van der Waals surface area contributed by atoms with E-state index in [-0.39, 0.29) is 0 Å². The van der Waals surface area contributed by atoms with Crippen LogP contribution in [0.2, 0.25) is 0 Å². The zero-order valence-corrected chi connectivity index (χ0v) is 10.8. The van der Waals surface area contributed by atoms with Crippen LogP contribution >= 0.6 is 0 Å². The van der Waals surface area contributed by atoms with Crippen molar-refractivity contribution >= 4 is 11.4 Å². The van der Waals surface area contributed by atoms with E-state index in [1.807, 2.05) is 23.1 Å². The summed E-state index contributed by atoms with van der Waals surface area (Å²) in [6.07, 6.45) is 0.445. The van der Waals surface area contributed by atoms with Gasteiger partial charge in [0.25, 0.3) is 0 Å². The highest BCUT2D eigenvalue weighted by Gasteiger charge is 2.12. The molecule has 1 aromatic rings. The summed E-state index contributed by atoms with van der Waals surface area (Å²) in [7, 11) is 3.24. The van der Waals surface area contributed by atoms with Crippen molar-refractivity contribution in [2.75, 3.05) is 44.5 Å². The molecule has 0 aromatic heterocycles. The number of hydrogen-bond donors (Lipinski definition) is 1. The Balaban J connectivity index is 2.93. The minimum Gasteiger partial charge on any atom is -0.495 e. The van der Waals surface area contributed by atoms with E-state index in [2.05, 4.69) is 6.07 Å². The maximum absolute atomic E-state index is 8.69. The summed E-state index contributed by atoms with van der Waals surface area (Å²) >= 11 is 0. The molecule has 0 aliphatic rings. The number of benzene rings is 1. The summed E-state index contributed by atoms with van der Waals surface area (Å²) < 4.78 is 10.3. The van der Waals surface area contributed by atoms with E-state index < -0.39 is 0 Å². The van der Waals surface area contributed by atoms with E-state index in [4.69, 9.17) is 20.5 Å². The number of nitrogens with two attached hydrogens (primary N) is 1. The third-order valence-electron chi connectivity index (χ3n) is 2.66. The SMILES string of the molecule is COCCN(CCC#N)c1cccc(OC)c1N. The highest BCUT2D eigenvalue weighted by Crippen LogP contribution is 2.31. The number of nitrogens with zero attached hydrogens (tertiary/aromatic N) is 2. The summed E-state index contributed by atoms with van der Waals surface area (Å²) in [5.41, 5.74) is 7.52. The van der Waals surface area contributed by atoms with Gasteiger partial charge in [-0.05, 0) is 12.1 Å². The fraction of sp³-hybridized carbons (Fsp3) is 0.462. The van der Waals surface area contributed by atoms with Crippen molar-refractivity contribution in [1.29, 1.82) is 5.26 Å². The Hall–Kier alpha value is -1.93. The molecule has 0 amide bonds. The zero-order chi connectivity index (χ0) is 13.4. The molecule has 2 N–H and O–H groups in total. The number of hydrogen-bond acceptors (Lipinski definition) is 5. The van der Waals surface area contributed by atoms with Gasteiger partial charge in [0, 0.05) is 20.2 Å². The van der Waals surface area contributed by atoms with Crippen LogP contribution in [0, 0.1) is 11.3 Å². The van der Waals surface area contributed by atoms with Crippen molar-refractivity contribution in [2.45, 2.75) is 6.42 Å². The van der Waals surface area contributed by atoms with E-state index in [1.165, 1.54) is 0 Å². The molecular formula is C13H19N3O2. The second-order valence-electron chi connectivity index (χ2n) is 3.78. The summed E-state index contributed by atoms with van der Waals surface area (Å²) in [5, 5.41) is 8.69. The summed E-state index contributed by atoms with van der Waals surface area (Å²) in [6.45, 7) is 1.90. The summed E-state index contributed by atoms with van der Waals surface area (Å²) in [5.74, 6) is 0.645. The predicted molar refractivity (Wildman–Crippen MR) is 71.7 cm³/mol. The number of rotatable bonds is 7. The second kappa shape index (κ2) is 7.41. The first kappa shape index (κ1) is 14.1. The average molecular weight is 249 g/mol. The minimum atomic E-state index is 0.445. The lowest BCUT2D eigenvalue weighted by Gasteiger charge is -2.25. The van der Waals surface area contributed by atoms with Gasteiger partial charge in [0.05, 0.1) is 37.6 Å². The van der Waals surface area contributed by atoms with E-state index in [1.54, 1.807) is 14.2 Å². The number of ether oxygens (including phenoxy) is 2. The monoisotopic (exact) mass is 249 g/mol. The molecule has 18 heavy (non-hydrogen) atoms. The molecule has 5 nitrogen and oxygen atoms in total. The Labute approximate surface area is 108 Å². The van der Waals surface area contributed by atoms with Gasteiger partial charge in [-0.15, -0.1) is 0 Å². The molecule has 0 bridgehead atoms. The van der Waals surface area contributed by atoms with E-state index in [9.17, 15) is 0 Å². The fourth-order valence-corrected chi connectivity index (χ4v) is 1.73. The Morgan fingerprint density at radius 3 is 2.72 bits per heavy atom. The summed E-state index contributed by atoms with van der Waals surface area (Å²) in [6, 6.07) is 7.76. The highest BCUT2D eigenvalue weighted by atomic mass is 16.5. The van der Waals surface area contributed by atoms with Gasteiger partial charge >= 0.3 is 0 Å². The first-order valence-electron chi connectivity index (χ1n) is 5.78. The number of para-hydroxylation sites is 1. The zero-order valence-electron chi connectivity index (χ0n) is 10.8. The van der Waals surface area contributed by atoms with Gasteiger partial charge in [-0.2, -0.15) is 5.26 Å². The molecule has 0 heterocycles. The van der Waals surface area contributed by atoms with Crippen molar-refractivity contribution in [3.63, 3.8) is 0 Å². The molecule has 0 aliphatic heterocycles. The molecule has 0 radical (unpaired) electrons. The molecule has 0 fully saturated rings. The molecule has 0 aliphatic carbocycles. The average Bonchev–Trinajstić information content (AvgIpc) is 2.40. The lowest BCUT2D eigenvalue weighted by atomic mass is 10.2. The second-order valence-corrected chi connectivity index (χ2v) is 3.78. The largest absolute Gasteiger partial charge is 0.495 e. The van der Waals surface area contributed by atoms with E-state index in [0.717, 1.165) is 5.69 Å². The number of methoxy groups -OCH3 is 2. The van der Waals surface area contributed by atoms with Crippen LogP contribution in [0.15, 0.2) is 18.2 Å². The van der Waals surface area contributed by atoms with Crippen LogP contribution in [0.4, 0.5) is 11.4 Å². The maximum Gasteiger partial charge on any atom is 0.143 e. The van der Waals surface area contributed by atoms with Gasteiger partial charge in [-0.3, -0.25) is 0 Å². The van der Waals surface area contributed by atoms with E-state index in [0.29, 0.717) is 37.6 Å². The van der Waals surface area contributed by atoms with Gasteiger partial charge in [0.15, 0.2) is 0 Å². The Bertz CT molecular complexity index is 415. The lowest BCUT2D eigenvalue weighted by Crippen LogP contribution is -2.29. The van der Waals surface area contributed by atoms with Crippen LogP contribution in [-0.4, -0.2) is 33.9 Å². The predicted octanol–water partition coefficient (Wildman–Crippen LogP) is 1.64. The maximum atomic E-state index is 8.69. The van der Waals surface area contributed by atoms with Gasteiger partial charge in [-0.1, -0.05) is 6.07 Å². The first-order valence-corrected chi connectivity index (χ1v) is 5.78. The summed E-state index contributed by atoms with van der Waals surface area (Å²) in [4.78, 5) is 2.03. The molecule has 1 aromatic carbocycles. The van der Waals surface area contributed by atoms with Gasteiger partial charge in [0.2, 0.25) is 0 Å². The molecule has 0 saturated carbocycles. The lowest BCUT2D eigenvalue weighted by molar-refractivity contribution is 0.205. The smallest absolute Gasteiger partial charge is 0.143 e. The van der Waals surface area contributed by atoms with Crippen LogP contribution in [0.1, 0.15) is 6.42 Å². The molecule has 0 unspecified atom stereocenters. The molecule has 5 heteroatoms. The van der Waals surface area contributed by atoms with Crippen LogP contribution in [0.25, 0.3) is 0 Å². The molecule has 98 valence electrons. The Morgan fingerprint density at radius 1 is 1.33 bits per heavy atom. The molecule has 0 spiro atoms. The topological polar surface area (TPSA) is 71.5 Å². The Kier molecular flexibility index (Phi) is 5.81. The quantitative estimate of drug-likeness (QED) is 0.744. The van der Waals surface area contributed by atoms with Gasteiger partial charge in [-0.25, -0.2) is 0 Å². The van der Waals surface area contributed by atoms with Crippen molar-refractivity contribution in [1.82, 2.24) is 0 Å².